The van der Waals surface area contributed by atoms with E-state index in [1.165, 1.54) is 12.1 Å². The van der Waals surface area contributed by atoms with Crippen LogP contribution in [-0.4, -0.2) is 39.1 Å². The van der Waals surface area contributed by atoms with E-state index in [4.69, 9.17) is 23.2 Å². The first-order valence-corrected chi connectivity index (χ1v) is 6.91. The van der Waals surface area contributed by atoms with Crippen LogP contribution in [0.15, 0.2) is 12.1 Å². The monoisotopic (exact) mass is 302 g/mol. The number of rotatable bonds is 2. The Balaban J connectivity index is 2.28. The highest BCUT2D eigenvalue weighted by Crippen LogP contribution is 2.29. The van der Waals surface area contributed by atoms with Crippen molar-refractivity contribution in [1.82, 2.24) is 9.88 Å². The third kappa shape index (κ3) is 3.19. The quantitative estimate of drug-likeness (QED) is 0.855. The molecule has 104 valence electrons. The molecule has 1 atom stereocenters. The lowest BCUT2D eigenvalue weighted by molar-refractivity contribution is 0.000334. The lowest BCUT2D eigenvalue weighted by Crippen LogP contribution is -2.48. The minimum atomic E-state index is -0.924. The predicted octanol–water partition coefficient (Wildman–Crippen LogP) is 2.76. The van der Waals surface area contributed by atoms with Gasteiger partial charge in [0.1, 0.15) is 10.3 Å². The van der Waals surface area contributed by atoms with Gasteiger partial charge in [-0.1, -0.05) is 23.2 Å². The van der Waals surface area contributed by atoms with Crippen LogP contribution >= 0.6 is 23.2 Å². The number of amides is 1. The van der Waals surface area contributed by atoms with Crippen molar-refractivity contribution < 1.29 is 9.90 Å². The summed E-state index contributed by atoms with van der Waals surface area (Å²) in [6.07, 6.45) is 1.68. The zero-order valence-electron chi connectivity index (χ0n) is 10.9. The number of carbonyl (C=O) groups excluding carboxylic acids is 1. The topological polar surface area (TPSA) is 53.4 Å². The van der Waals surface area contributed by atoms with E-state index in [-0.39, 0.29) is 22.3 Å². The molecule has 19 heavy (non-hydrogen) atoms. The highest BCUT2D eigenvalue weighted by molar-refractivity contribution is 6.33. The van der Waals surface area contributed by atoms with Crippen LogP contribution in [0.1, 0.15) is 37.0 Å². The molecule has 0 saturated carbocycles. The fourth-order valence-corrected chi connectivity index (χ4v) is 2.96. The molecule has 0 radical (unpaired) electrons. The molecular weight excluding hydrogens is 287 g/mol. The van der Waals surface area contributed by atoms with Gasteiger partial charge in [-0.25, -0.2) is 4.98 Å². The largest absolute Gasteiger partial charge is 0.388 e. The molecule has 1 saturated heterocycles. The van der Waals surface area contributed by atoms with Gasteiger partial charge in [-0.3, -0.25) is 4.79 Å². The maximum absolute atomic E-state index is 12.5. The van der Waals surface area contributed by atoms with E-state index < -0.39 is 5.60 Å². The van der Waals surface area contributed by atoms with Crippen molar-refractivity contribution >= 4 is 29.1 Å². The number of hydrogen-bond donors (Lipinski definition) is 1. The van der Waals surface area contributed by atoms with E-state index >= 15 is 0 Å². The van der Waals surface area contributed by atoms with Gasteiger partial charge in [0, 0.05) is 12.1 Å². The normalized spacial score (nSPS) is 19.8. The van der Waals surface area contributed by atoms with Crippen LogP contribution in [0.2, 0.25) is 10.3 Å². The van der Waals surface area contributed by atoms with Crippen molar-refractivity contribution in [2.45, 2.75) is 38.3 Å². The molecule has 4 nitrogen and oxygen atoms in total. The molecule has 1 aliphatic heterocycles. The van der Waals surface area contributed by atoms with Crippen molar-refractivity contribution in [1.29, 1.82) is 0 Å². The SMILES string of the molecule is CC(C)(O)C1CCCN1C(=O)c1cc(Cl)nc(Cl)c1. The Kier molecular flexibility index (Phi) is 4.04. The molecule has 0 aromatic carbocycles. The van der Waals surface area contributed by atoms with Crippen molar-refractivity contribution in [3.63, 3.8) is 0 Å². The van der Waals surface area contributed by atoms with Crippen molar-refractivity contribution in [2.24, 2.45) is 0 Å². The Hall–Kier alpha value is -0.840. The van der Waals surface area contributed by atoms with Crippen LogP contribution in [0.5, 0.6) is 0 Å². The third-order valence-corrected chi connectivity index (χ3v) is 3.73. The van der Waals surface area contributed by atoms with Gasteiger partial charge in [-0.05, 0) is 38.8 Å². The van der Waals surface area contributed by atoms with Crippen molar-refractivity contribution in [3.8, 4) is 0 Å². The predicted molar refractivity (Wildman–Crippen MR) is 74.6 cm³/mol. The van der Waals surface area contributed by atoms with Gasteiger partial charge in [0.15, 0.2) is 0 Å². The van der Waals surface area contributed by atoms with Gasteiger partial charge < -0.3 is 10.0 Å². The molecule has 1 N–H and O–H groups in total. The molecule has 1 unspecified atom stereocenters. The first kappa shape index (κ1) is 14.6. The van der Waals surface area contributed by atoms with Crippen LogP contribution in [-0.2, 0) is 0 Å². The number of carbonyl (C=O) groups is 1. The van der Waals surface area contributed by atoms with E-state index in [2.05, 4.69) is 4.98 Å². The van der Waals surface area contributed by atoms with Gasteiger partial charge in [-0.2, -0.15) is 0 Å². The standard InChI is InChI=1S/C13H16Cl2N2O2/c1-13(2,19)9-4-3-5-17(9)12(18)8-6-10(14)16-11(15)7-8/h6-7,9,19H,3-5H2,1-2H3. The van der Waals surface area contributed by atoms with E-state index in [9.17, 15) is 9.90 Å². The summed E-state index contributed by atoms with van der Waals surface area (Å²) in [5.41, 5.74) is -0.520. The molecule has 0 bridgehead atoms. The number of pyridine rings is 1. The molecular formula is C13H16Cl2N2O2. The molecule has 1 aromatic heterocycles. The Labute approximate surface area is 122 Å². The number of aliphatic hydroxyl groups is 1. The first-order valence-electron chi connectivity index (χ1n) is 6.15. The summed E-state index contributed by atoms with van der Waals surface area (Å²) < 4.78 is 0. The maximum Gasteiger partial charge on any atom is 0.254 e. The molecule has 1 amide bonds. The summed E-state index contributed by atoms with van der Waals surface area (Å²) in [6.45, 7) is 4.07. The summed E-state index contributed by atoms with van der Waals surface area (Å²) >= 11 is 11.6. The van der Waals surface area contributed by atoms with E-state index in [0.717, 1.165) is 12.8 Å². The van der Waals surface area contributed by atoms with Crippen LogP contribution in [0.25, 0.3) is 0 Å². The molecule has 0 spiro atoms. The summed E-state index contributed by atoms with van der Waals surface area (Å²) in [5.74, 6) is -0.171. The molecule has 1 aromatic rings. The number of halogens is 2. The molecule has 2 heterocycles. The summed E-state index contributed by atoms with van der Waals surface area (Å²) in [6, 6.07) is 2.80. The molecule has 6 heteroatoms. The number of aromatic nitrogens is 1. The number of nitrogens with zero attached hydrogens (tertiary/aromatic N) is 2. The van der Waals surface area contributed by atoms with Crippen LogP contribution in [0.3, 0.4) is 0 Å². The van der Waals surface area contributed by atoms with Gasteiger partial charge in [0.05, 0.1) is 11.6 Å². The fourth-order valence-electron chi connectivity index (χ4n) is 2.50. The third-order valence-electron chi connectivity index (χ3n) is 3.34. The lowest BCUT2D eigenvalue weighted by atomic mass is 9.96. The Morgan fingerprint density at radius 1 is 1.42 bits per heavy atom. The number of likely N-dealkylation sites (tertiary alicyclic amines) is 1. The van der Waals surface area contributed by atoms with E-state index in [0.29, 0.717) is 12.1 Å². The lowest BCUT2D eigenvalue weighted by Gasteiger charge is -2.33. The second kappa shape index (κ2) is 5.27. The minimum absolute atomic E-state index is 0.171. The summed E-state index contributed by atoms with van der Waals surface area (Å²) in [5, 5.41) is 10.5. The summed E-state index contributed by atoms with van der Waals surface area (Å²) in [7, 11) is 0. The van der Waals surface area contributed by atoms with Crippen molar-refractivity contribution in [3.05, 3.63) is 28.0 Å². The van der Waals surface area contributed by atoms with Gasteiger partial charge in [-0.15, -0.1) is 0 Å². The summed E-state index contributed by atoms with van der Waals surface area (Å²) in [4.78, 5) is 18.0. The highest BCUT2D eigenvalue weighted by Gasteiger charge is 2.38. The average Bonchev–Trinajstić information content (AvgIpc) is 2.74. The minimum Gasteiger partial charge on any atom is -0.388 e. The van der Waals surface area contributed by atoms with E-state index in [1.807, 2.05) is 0 Å². The maximum atomic E-state index is 12.5. The first-order chi connectivity index (χ1) is 8.79. The Morgan fingerprint density at radius 3 is 2.53 bits per heavy atom. The zero-order chi connectivity index (χ0) is 14.2. The Bertz CT molecular complexity index is 480. The second-order valence-electron chi connectivity index (χ2n) is 5.31. The van der Waals surface area contributed by atoms with Crippen LogP contribution in [0, 0.1) is 0 Å². The smallest absolute Gasteiger partial charge is 0.254 e. The number of hydrogen-bond acceptors (Lipinski definition) is 3. The van der Waals surface area contributed by atoms with Crippen LogP contribution in [0.4, 0.5) is 0 Å². The fraction of sp³-hybridized carbons (Fsp3) is 0.538. The highest BCUT2D eigenvalue weighted by atomic mass is 35.5. The van der Waals surface area contributed by atoms with Gasteiger partial charge in [0.2, 0.25) is 0 Å². The molecule has 0 aliphatic carbocycles. The van der Waals surface area contributed by atoms with Gasteiger partial charge in [0.25, 0.3) is 5.91 Å². The van der Waals surface area contributed by atoms with Crippen molar-refractivity contribution in [2.75, 3.05) is 6.54 Å². The second-order valence-corrected chi connectivity index (χ2v) is 6.09. The van der Waals surface area contributed by atoms with Crippen LogP contribution < -0.4 is 0 Å². The Morgan fingerprint density at radius 2 is 2.00 bits per heavy atom. The van der Waals surface area contributed by atoms with E-state index in [1.54, 1.807) is 18.7 Å². The van der Waals surface area contributed by atoms with Gasteiger partial charge >= 0.3 is 0 Å². The molecule has 1 fully saturated rings. The molecule has 1 aliphatic rings. The average molecular weight is 303 g/mol. The zero-order valence-corrected chi connectivity index (χ0v) is 12.4. The molecule has 2 rings (SSSR count).